The van der Waals surface area contributed by atoms with Gasteiger partial charge in [0.05, 0.1) is 0 Å². The monoisotopic (exact) mass is 282 g/mol. The average molecular weight is 283 g/mol. The maximum absolute atomic E-state index is 3.68. The summed E-state index contributed by atoms with van der Waals surface area (Å²) in [4.78, 5) is 0. The van der Waals surface area contributed by atoms with Crippen LogP contribution in [0.5, 0.6) is 0 Å². The Morgan fingerprint density at radius 1 is 1.44 bits per heavy atom. The van der Waals surface area contributed by atoms with Crippen LogP contribution in [0.25, 0.3) is 0 Å². The van der Waals surface area contributed by atoms with Crippen molar-refractivity contribution in [1.29, 1.82) is 0 Å². The molecule has 0 aliphatic carbocycles. The predicted molar refractivity (Wildman–Crippen MR) is 71.6 cm³/mol. The molecule has 1 saturated heterocycles. The molecule has 0 saturated carbocycles. The first kappa shape index (κ1) is 12.1. The van der Waals surface area contributed by atoms with Gasteiger partial charge < -0.3 is 10.6 Å². The third-order valence-corrected chi connectivity index (χ3v) is 3.88. The Bertz CT molecular complexity index is 334. The highest BCUT2D eigenvalue weighted by molar-refractivity contribution is 9.10. The molecule has 1 unspecified atom stereocenters. The molecule has 1 aliphatic rings. The molecule has 2 rings (SSSR count). The van der Waals surface area contributed by atoms with Gasteiger partial charge >= 0.3 is 0 Å². The van der Waals surface area contributed by atoms with E-state index in [4.69, 9.17) is 0 Å². The van der Waals surface area contributed by atoms with Gasteiger partial charge in [0.2, 0.25) is 0 Å². The Balaban J connectivity index is 1.96. The lowest BCUT2D eigenvalue weighted by molar-refractivity contribution is 0.361. The summed E-state index contributed by atoms with van der Waals surface area (Å²) < 4.78 is 1.19. The second-order valence-electron chi connectivity index (χ2n) is 4.45. The molecular formula is C13H19BrN2. The van der Waals surface area contributed by atoms with Crippen LogP contribution in [0.1, 0.15) is 31.4 Å². The Morgan fingerprint density at radius 3 is 2.94 bits per heavy atom. The second kappa shape index (κ2) is 5.80. The number of piperidine rings is 1. The normalized spacial score (nSPS) is 23.0. The summed E-state index contributed by atoms with van der Waals surface area (Å²) in [7, 11) is 0. The van der Waals surface area contributed by atoms with Crippen LogP contribution in [-0.2, 0) is 0 Å². The van der Waals surface area contributed by atoms with Crippen LogP contribution in [0.4, 0.5) is 0 Å². The number of hydrogen-bond donors (Lipinski definition) is 2. The van der Waals surface area contributed by atoms with E-state index in [-0.39, 0.29) is 0 Å². The number of hydrogen-bond acceptors (Lipinski definition) is 2. The van der Waals surface area contributed by atoms with E-state index in [0.717, 1.165) is 6.54 Å². The topological polar surface area (TPSA) is 24.1 Å². The van der Waals surface area contributed by atoms with E-state index in [1.165, 1.54) is 29.4 Å². The van der Waals surface area contributed by atoms with Gasteiger partial charge in [-0.05, 0) is 37.9 Å². The van der Waals surface area contributed by atoms with Crippen molar-refractivity contribution in [2.75, 3.05) is 13.1 Å². The molecule has 2 N–H and O–H groups in total. The molecule has 0 radical (unpaired) electrons. The third-order valence-electron chi connectivity index (χ3n) is 3.15. The Labute approximate surface area is 106 Å². The minimum absolute atomic E-state index is 0.403. The smallest absolute Gasteiger partial charge is 0.0306 e. The van der Waals surface area contributed by atoms with Crippen molar-refractivity contribution in [3.05, 3.63) is 34.3 Å². The van der Waals surface area contributed by atoms with Gasteiger partial charge in [0.1, 0.15) is 0 Å². The number of halogens is 1. The average Bonchev–Trinajstić information content (AvgIpc) is 2.31. The zero-order valence-corrected chi connectivity index (χ0v) is 11.3. The maximum Gasteiger partial charge on any atom is 0.0306 e. The Hall–Kier alpha value is -0.380. The van der Waals surface area contributed by atoms with Crippen molar-refractivity contribution < 1.29 is 0 Å². The SMILES string of the molecule is C[C@@H](NC1CCCNC1)c1ccccc1Br. The van der Waals surface area contributed by atoms with Crippen molar-refractivity contribution >= 4 is 15.9 Å². The van der Waals surface area contributed by atoms with Gasteiger partial charge in [-0.2, -0.15) is 0 Å². The lowest BCUT2D eigenvalue weighted by Gasteiger charge is -2.27. The van der Waals surface area contributed by atoms with Gasteiger partial charge in [-0.25, -0.2) is 0 Å². The molecular weight excluding hydrogens is 264 g/mol. The maximum atomic E-state index is 3.68. The van der Waals surface area contributed by atoms with E-state index in [9.17, 15) is 0 Å². The van der Waals surface area contributed by atoms with Gasteiger partial charge in [0.15, 0.2) is 0 Å². The molecule has 1 aromatic rings. The van der Waals surface area contributed by atoms with Crippen molar-refractivity contribution in [1.82, 2.24) is 10.6 Å². The molecule has 16 heavy (non-hydrogen) atoms. The zero-order valence-electron chi connectivity index (χ0n) is 9.67. The summed E-state index contributed by atoms with van der Waals surface area (Å²) in [6.07, 6.45) is 2.56. The van der Waals surface area contributed by atoms with Crippen molar-refractivity contribution in [3.8, 4) is 0 Å². The predicted octanol–water partition coefficient (Wildman–Crippen LogP) is 2.85. The molecule has 1 aromatic carbocycles. The molecule has 0 aromatic heterocycles. The Kier molecular flexibility index (Phi) is 4.38. The highest BCUT2D eigenvalue weighted by atomic mass is 79.9. The number of nitrogens with one attached hydrogen (secondary N) is 2. The zero-order chi connectivity index (χ0) is 11.4. The summed E-state index contributed by atoms with van der Waals surface area (Å²) in [6, 6.07) is 9.45. The van der Waals surface area contributed by atoms with E-state index in [2.05, 4.69) is 57.8 Å². The first-order valence-corrected chi connectivity index (χ1v) is 6.78. The van der Waals surface area contributed by atoms with Crippen molar-refractivity contribution in [3.63, 3.8) is 0 Å². The molecule has 2 atom stereocenters. The number of benzene rings is 1. The summed E-state index contributed by atoms with van der Waals surface area (Å²) in [5, 5.41) is 7.12. The third kappa shape index (κ3) is 3.06. The van der Waals surface area contributed by atoms with E-state index < -0.39 is 0 Å². The molecule has 0 amide bonds. The fourth-order valence-electron chi connectivity index (χ4n) is 2.26. The largest absolute Gasteiger partial charge is 0.315 e. The molecule has 2 nitrogen and oxygen atoms in total. The van der Waals surface area contributed by atoms with Crippen LogP contribution in [0.3, 0.4) is 0 Å². The van der Waals surface area contributed by atoms with Gasteiger partial charge in [-0.15, -0.1) is 0 Å². The first-order valence-electron chi connectivity index (χ1n) is 5.98. The molecule has 1 fully saturated rings. The van der Waals surface area contributed by atoms with Gasteiger partial charge in [-0.1, -0.05) is 34.1 Å². The van der Waals surface area contributed by atoms with E-state index in [1.54, 1.807) is 0 Å². The van der Waals surface area contributed by atoms with Gasteiger partial charge in [0, 0.05) is 23.1 Å². The van der Waals surface area contributed by atoms with Crippen LogP contribution in [0.15, 0.2) is 28.7 Å². The molecule has 88 valence electrons. The van der Waals surface area contributed by atoms with Crippen molar-refractivity contribution in [2.24, 2.45) is 0 Å². The van der Waals surface area contributed by atoms with Crippen LogP contribution in [-0.4, -0.2) is 19.1 Å². The fourth-order valence-corrected chi connectivity index (χ4v) is 2.89. The summed E-state index contributed by atoms with van der Waals surface area (Å²) in [6.45, 7) is 4.49. The van der Waals surface area contributed by atoms with Crippen LogP contribution >= 0.6 is 15.9 Å². The molecule has 0 spiro atoms. The van der Waals surface area contributed by atoms with Gasteiger partial charge in [0.25, 0.3) is 0 Å². The fraction of sp³-hybridized carbons (Fsp3) is 0.538. The minimum atomic E-state index is 0.403. The minimum Gasteiger partial charge on any atom is -0.315 e. The lowest BCUT2D eigenvalue weighted by atomic mass is 10.0. The number of rotatable bonds is 3. The first-order chi connectivity index (χ1) is 7.77. The standard InChI is InChI=1S/C13H19BrN2/c1-10(12-6-2-3-7-13(12)14)16-11-5-4-8-15-9-11/h2-3,6-7,10-11,15-16H,4-5,8-9H2,1H3/t10-,11?/m1/s1. The molecule has 3 heteroatoms. The summed E-state index contributed by atoms with van der Waals surface area (Å²) in [5.41, 5.74) is 1.34. The van der Waals surface area contributed by atoms with E-state index in [0.29, 0.717) is 12.1 Å². The summed E-state index contributed by atoms with van der Waals surface area (Å²) in [5.74, 6) is 0. The quantitative estimate of drug-likeness (QED) is 0.891. The second-order valence-corrected chi connectivity index (χ2v) is 5.31. The van der Waals surface area contributed by atoms with Crippen LogP contribution < -0.4 is 10.6 Å². The van der Waals surface area contributed by atoms with Crippen LogP contribution in [0.2, 0.25) is 0 Å². The molecule has 0 bridgehead atoms. The lowest BCUT2D eigenvalue weighted by Crippen LogP contribution is -2.44. The van der Waals surface area contributed by atoms with Crippen molar-refractivity contribution in [2.45, 2.75) is 31.8 Å². The van der Waals surface area contributed by atoms with E-state index >= 15 is 0 Å². The van der Waals surface area contributed by atoms with E-state index in [1.807, 2.05) is 0 Å². The highest BCUT2D eigenvalue weighted by Gasteiger charge is 2.16. The highest BCUT2D eigenvalue weighted by Crippen LogP contribution is 2.23. The Morgan fingerprint density at radius 2 is 2.25 bits per heavy atom. The van der Waals surface area contributed by atoms with Crippen LogP contribution in [0, 0.1) is 0 Å². The summed E-state index contributed by atoms with van der Waals surface area (Å²) >= 11 is 3.61. The molecule has 1 heterocycles. The van der Waals surface area contributed by atoms with Gasteiger partial charge in [-0.3, -0.25) is 0 Å². The molecule has 1 aliphatic heterocycles.